The third-order valence-corrected chi connectivity index (χ3v) is 3.18. The lowest BCUT2D eigenvalue weighted by Crippen LogP contribution is -2.08. The maximum atomic E-state index is 13.0. The van der Waals surface area contributed by atoms with Gasteiger partial charge in [0.1, 0.15) is 17.6 Å². The monoisotopic (exact) mass is 287 g/mol. The first kappa shape index (κ1) is 14.9. The summed E-state index contributed by atoms with van der Waals surface area (Å²) in [6.07, 6.45) is 1.94. The number of ether oxygens (including phenoxy) is 1. The fourth-order valence-corrected chi connectivity index (χ4v) is 2.05. The molecule has 2 N–H and O–H groups in total. The van der Waals surface area contributed by atoms with Gasteiger partial charge in [0.05, 0.1) is 18.8 Å². The van der Waals surface area contributed by atoms with Crippen molar-refractivity contribution >= 4 is 5.69 Å². The molecule has 0 amide bonds. The largest absolute Gasteiger partial charge is 0.477 e. The summed E-state index contributed by atoms with van der Waals surface area (Å²) in [6.45, 7) is 3.05. The van der Waals surface area contributed by atoms with Crippen molar-refractivity contribution in [3.05, 3.63) is 47.4 Å². The molecule has 1 aromatic heterocycles. The van der Waals surface area contributed by atoms with E-state index in [0.29, 0.717) is 30.4 Å². The van der Waals surface area contributed by atoms with E-state index in [1.165, 1.54) is 12.1 Å². The van der Waals surface area contributed by atoms with Crippen molar-refractivity contribution in [1.29, 1.82) is 5.26 Å². The van der Waals surface area contributed by atoms with E-state index in [9.17, 15) is 9.65 Å². The van der Waals surface area contributed by atoms with E-state index in [2.05, 4.69) is 13.0 Å². The number of nitriles is 1. The summed E-state index contributed by atoms with van der Waals surface area (Å²) in [5.41, 5.74) is 7.68. The summed E-state index contributed by atoms with van der Waals surface area (Å²) < 4.78 is 20.4. The average Bonchev–Trinajstić information content (AvgIpc) is 2.78. The van der Waals surface area contributed by atoms with Crippen LogP contribution < -0.4 is 10.5 Å². The molecule has 0 bridgehead atoms. The van der Waals surface area contributed by atoms with Crippen molar-refractivity contribution in [2.75, 3.05) is 12.3 Å². The van der Waals surface area contributed by atoms with E-state index < -0.39 is 0 Å². The zero-order chi connectivity index (χ0) is 15.2. The zero-order valence-electron chi connectivity index (χ0n) is 12.0. The van der Waals surface area contributed by atoms with Gasteiger partial charge in [0, 0.05) is 6.07 Å². The maximum absolute atomic E-state index is 13.0. The molecule has 0 unspecified atom stereocenters. The van der Waals surface area contributed by atoms with Crippen molar-refractivity contribution in [3.63, 3.8) is 0 Å². The number of hydrogen-bond acceptors (Lipinski definition) is 3. The van der Waals surface area contributed by atoms with E-state index in [4.69, 9.17) is 10.5 Å². The number of nitrogens with zero attached hydrogens (tertiary/aromatic N) is 2. The maximum Gasteiger partial charge on any atom is 0.218 e. The van der Waals surface area contributed by atoms with E-state index in [0.717, 1.165) is 18.4 Å². The number of benzene rings is 1. The molecule has 4 nitrogen and oxygen atoms in total. The molecule has 0 saturated carbocycles. The molecular formula is C16H18FN3O. The van der Waals surface area contributed by atoms with Crippen molar-refractivity contribution in [3.8, 4) is 11.9 Å². The Hall–Kier alpha value is -2.48. The second kappa shape index (κ2) is 6.80. The summed E-state index contributed by atoms with van der Waals surface area (Å²) >= 11 is 0. The molecule has 0 aliphatic carbocycles. The minimum absolute atomic E-state index is 0.286. The second-order valence-corrected chi connectivity index (χ2v) is 4.82. The first-order valence-corrected chi connectivity index (χ1v) is 6.92. The van der Waals surface area contributed by atoms with Crippen LogP contribution in [0.3, 0.4) is 0 Å². The Kier molecular flexibility index (Phi) is 4.83. The Balaban J connectivity index is 2.27. The van der Waals surface area contributed by atoms with Crippen LogP contribution >= 0.6 is 0 Å². The fraction of sp³-hybridized carbons (Fsp3) is 0.312. The molecule has 0 aliphatic rings. The van der Waals surface area contributed by atoms with Gasteiger partial charge in [0.25, 0.3) is 0 Å². The van der Waals surface area contributed by atoms with Crippen molar-refractivity contribution in [2.45, 2.75) is 26.3 Å². The first-order chi connectivity index (χ1) is 10.2. The van der Waals surface area contributed by atoms with Gasteiger partial charge in [-0.05, 0) is 24.1 Å². The van der Waals surface area contributed by atoms with Gasteiger partial charge in [-0.3, -0.25) is 4.57 Å². The number of aromatic nitrogens is 1. The normalized spacial score (nSPS) is 10.3. The number of nitrogen functional groups attached to an aromatic ring is 1. The van der Waals surface area contributed by atoms with Gasteiger partial charge in [0.2, 0.25) is 5.88 Å². The Morgan fingerprint density at radius 3 is 2.67 bits per heavy atom. The number of rotatable bonds is 6. The van der Waals surface area contributed by atoms with Gasteiger partial charge < -0.3 is 10.5 Å². The van der Waals surface area contributed by atoms with E-state index >= 15 is 0 Å². The molecule has 1 aromatic carbocycles. The van der Waals surface area contributed by atoms with Crippen LogP contribution in [-0.2, 0) is 6.54 Å². The van der Waals surface area contributed by atoms with Crippen LogP contribution in [0.2, 0.25) is 0 Å². The van der Waals surface area contributed by atoms with Crippen LogP contribution in [0.1, 0.15) is 31.0 Å². The number of halogens is 1. The standard InChI is InChI=1S/C16H18FN3O/c1-2-3-8-21-16-15(19)9-14(10-18)20(16)11-12-4-6-13(17)7-5-12/h4-7,9H,2-3,8,11,19H2,1H3. The molecule has 2 aromatic rings. The molecule has 5 heteroatoms. The van der Waals surface area contributed by atoms with Crippen LogP contribution in [0, 0.1) is 17.1 Å². The molecule has 21 heavy (non-hydrogen) atoms. The average molecular weight is 287 g/mol. The third kappa shape index (κ3) is 3.54. The van der Waals surface area contributed by atoms with E-state index in [1.807, 2.05) is 0 Å². The molecule has 0 aliphatic heterocycles. The Morgan fingerprint density at radius 1 is 1.33 bits per heavy atom. The number of nitrogens with two attached hydrogens (primary N) is 1. The van der Waals surface area contributed by atoms with Crippen LogP contribution in [0.4, 0.5) is 10.1 Å². The molecule has 110 valence electrons. The van der Waals surface area contributed by atoms with Crippen molar-refractivity contribution in [1.82, 2.24) is 4.57 Å². The van der Waals surface area contributed by atoms with E-state index in [-0.39, 0.29) is 5.82 Å². The highest BCUT2D eigenvalue weighted by molar-refractivity contribution is 5.55. The lowest BCUT2D eigenvalue weighted by molar-refractivity contribution is 0.287. The Morgan fingerprint density at radius 2 is 2.05 bits per heavy atom. The lowest BCUT2D eigenvalue weighted by atomic mass is 10.2. The highest BCUT2D eigenvalue weighted by Gasteiger charge is 2.14. The summed E-state index contributed by atoms with van der Waals surface area (Å²) in [7, 11) is 0. The number of unbranched alkanes of at least 4 members (excludes halogenated alkanes) is 1. The molecule has 0 spiro atoms. The zero-order valence-corrected chi connectivity index (χ0v) is 12.0. The predicted octanol–water partition coefficient (Wildman–Crippen LogP) is 3.31. The van der Waals surface area contributed by atoms with Crippen LogP contribution in [0.25, 0.3) is 0 Å². The van der Waals surface area contributed by atoms with Gasteiger partial charge in [-0.2, -0.15) is 5.26 Å². The minimum Gasteiger partial charge on any atom is -0.477 e. The number of anilines is 1. The topological polar surface area (TPSA) is 64.0 Å². The highest BCUT2D eigenvalue weighted by Crippen LogP contribution is 2.27. The molecule has 0 saturated heterocycles. The molecular weight excluding hydrogens is 269 g/mol. The molecule has 0 atom stereocenters. The van der Waals surface area contributed by atoms with Crippen molar-refractivity contribution < 1.29 is 9.13 Å². The summed E-state index contributed by atoms with van der Waals surface area (Å²) in [5.74, 6) is 0.218. The van der Waals surface area contributed by atoms with E-state index in [1.54, 1.807) is 22.8 Å². The summed E-state index contributed by atoms with van der Waals surface area (Å²) in [4.78, 5) is 0. The molecule has 1 heterocycles. The summed E-state index contributed by atoms with van der Waals surface area (Å²) in [6, 6.07) is 9.87. The molecule has 2 rings (SSSR count). The lowest BCUT2D eigenvalue weighted by Gasteiger charge is -2.12. The Labute approximate surface area is 123 Å². The number of hydrogen-bond donors (Lipinski definition) is 1. The quantitative estimate of drug-likeness (QED) is 0.829. The van der Waals surface area contributed by atoms with Gasteiger partial charge in [-0.25, -0.2) is 4.39 Å². The SMILES string of the molecule is CCCCOc1c(N)cc(C#N)n1Cc1ccc(F)cc1. The van der Waals surface area contributed by atoms with Crippen LogP contribution in [0.5, 0.6) is 5.88 Å². The Bertz CT molecular complexity index is 641. The van der Waals surface area contributed by atoms with Gasteiger partial charge >= 0.3 is 0 Å². The van der Waals surface area contributed by atoms with Crippen molar-refractivity contribution in [2.24, 2.45) is 0 Å². The second-order valence-electron chi connectivity index (χ2n) is 4.82. The predicted molar refractivity (Wildman–Crippen MR) is 79.5 cm³/mol. The molecule has 0 fully saturated rings. The highest BCUT2D eigenvalue weighted by atomic mass is 19.1. The third-order valence-electron chi connectivity index (χ3n) is 3.18. The first-order valence-electron chi connectivity index (χ1n) is 6.92. The summed E-state index contributed by atoms with van der Waals surface area (Å²) in [5, 5.41) is 9.21. The fourth-order valence-electron chi connectivity index (χ4n) is 2.05. The van der Waals surface area contributed by atoms with Gasteiger partial charge in [-0.1, -0.05) is 25.5 Å². The van der Waals surface area contributed by atoms with Gasteiger partial charge in [0.15, 0.2) is 0 Å². The van der Waals surface area contributed by atoms with Crippen LogP contribution in [-0.4, -0.2) is 11.2 Å². The minimum atomic E-state index is -0.286. The molecule has 0 radical (unpaired) electrons. The smallest absolute Gasteiger partial charge is 0.218 e. The van der Waals surface area contributed by atoms with Gasteiger partial charge in [-0.15, -0.1) is 0 Å². The van der Waals surface area contributed by atoms with Crippen LogP contribution in [0.15, 0.2) is 30.3 Å².